The van der Waals surface area contributed by atoms with Crippen molar-refractivity contribution < 1.29 is 8.42 Å². The van der Waals surface area contributed by atoms with Crippen LogP contribution in [-0.2, 0) is 16.4 Å². The summed E-state index contributed by atoms with van der Waals surface area (Å²) in [6.07, 6.45) is 2.26. The summed E-state index contributed by atoms with van der Waals surface area (Å²) < 4.78 is 28.1. The molecule has 0 atom stereocenters. The van der Waals surface area contributed by atoms with Crippen molar-refractivity contribution in [2.75, 3.05) is 10.8 Å². The number of aromatic nitrogens is 1. The van der Waals surface area contributed by atoms with Crippen molar-refractivity contribution in [3.63, 3.8) is 0 Å². The summed E-state index contributed by atoms with van der Waals surface area (Å²) in [4.78, 5) is 4.30. The molecule has 1 aliphatic heterocycles. The number of fused-ring (bicyclic) bond motifs is 2. The number of halogens is 1. The number of nitrogens with zero attached hydrogens (tertiary/aromatic N) is 2. The van der Waals surface area contributed by atoms with Crippen LogP contribution in [0, 0.1) is 6.92 Å². The third-order valence-corrected chi connectivity index (χ3v) is 6.55. The molecule has 122 valence electrons. The van der Waals surface area contributed by atoms with Gasteiger partial charge in [-0.05, 0) is 42.7 Å². The van der Waals surface area contributed by atoms with Gasteiger partial charge in [0.15, 0.2) is 0 Å². The van der Waals surface area contributed by atoms with Crippen LogP contribution in [-0.4, -0.2) is 19.9 Å². The maximum atomic E-state index is 13.3. The molecule has 0 fully saturated rings. The first-order valence-corrected chi connectivity index (χ1v) is 9.46. The van der Waals surface area contributed by atoms with Gasteiger partial charge in [0.05, 0.1) is 10.6 Å². The average Bonchev–Trinajstić information content (AvgIpc) is 2.98. The van der Waals surface area contributed by atoms with E-state index in [0.29, 0.717) is 22.5 Å². The fraction of sp³-hybridized carbons (Fsp3) is 0.167. The van der Waals surface area contributed by atoms with E-state index in [2.05, 4.69) is 4.98 Å². The van der Waals surface area contributed by atoms with Gasteiger partial charge < -0.3 is 0 Å². The summed E-state index contributed by atoms with van der Waals surface area (Å²) in [5.74, 6) is 0. The van der Waals surface area contributed by atoms with Crippen LogP contribution >= 0.6 is 11.6 Å². The van der Waals surface area contributed by atoms with E-state index < -0.39 is 10.0 Å². The zero-order valence-corrected chi connectivity index (χ0v) is 14.6. The number of anilines is 1. The lowest BCUT2D eigenvalue weighted by molar-refractivity contribution is 0.593. The van der Waals surface area contributed by atoms with E-state index in [1.54, 1.807) is 24.3 Å². The Bertz CT molecular complexity index is 1060. The van der Waals surface area contributed by atoms with Crippen molar-refractivity contribution in [1.82, 2.24) is 4.98 Å². The van der Waals surface area contributed by atoms with E-state index in [1.165, 1.54) is 10.5 Å². The van der Waals surface area contributed by atoms with Gasteiger partial charge in [0.25, 0.3) is 10.0 Å². The Morgan fingerprint density at radius 1 is 1.12 bits per heavy atom. The number of sulfonamides is 1. The molecule has 4 nitrogen and oxygen atoms in total. The van der Waals surface area contributed by atoms with Gasteiger partial charge in [-0.2, -0.15) is 0 Å². The first kappa shape index (κ1) is 15.4. The van der Waals surface area contributed by atoms with Gasteiger partial charge in [-0.25, -0.2) is 13.4 Å². The SMILES string of the molecule is Cc1ccc2c(c1)N(S(=O)(=O)c1cccc3c(Cl)nccc13)CC2. The highest BCUT2D eigenvalue weighted by Gasteiger charge is 2.32. The topological polar surface area (TPSA) is 50.3 Å². The Kier molecular flexibility index (Phi) is 3.51. The molecule has 2 heterocycles. The quantitative estimate of drug-likeness (QED) is 0.652. The standard InChI is InChI=1S/C18H15ClN2O2S/c1-12-5-6-13-8-10-21(16(13)11-12)24(22,23)17-4-2-3-15-14(17)7-9-20-18(15)19/h2-7,9,11H,8,10H2,1H3. The van der Waals surface area contributed by atoms with Crippen molar-refractivity contribution in [1.29, 1.82) is 0 Å². The van der Waals surface area contributed by atoms with E-state index in [1.807, 2.05) is 25.1 Å². The number of hydrogen-bond donors (Lipinski definition) is 0. The van der Waals surface area contributed by atoms with Gasteiger partial charge in [-0.1, -0.05) is 35.9 Å². The molecule has 0 N–H and O–H groups in total. The van der Waals surface area contributed by atoms with Crippen molar-refractivity contribution in [2.24, 2.45) is 0 Å². The average molecular weight is 359 g/mol. The molecular weight excluding hydrogens is 344 g/mol. The van der Waals surface area contributed by atoms with Gasteiger partial charge in [-0.15, -0.1) is 0 Å². The smallest absolute Gasteiger partial charge is 0.264 e. The van der Waals surface area contributed by atoms with Crippen molar-refractivity contribution in [3.05, 3.63) is 64.9 Å². The fourth-order valence-corrected chi connectivity index (χ4v) is 5.12. The molecular formula is C18H15ClN2O2S. The molecule has 24 heavy (non-hydrogen) atoms. The lowest BCUT2D eigenvalue weighted by Crippen LogP contribution is -2.29. The van der Waals surface area contributed by atoms with Gasteiger partial charge in [-0.3, -0.25) is 4.31 Å². The van der Waals surface area contributed by atoms with Crippen LogP contribution in [0.4, 0.5) is 5.69 Å². The van der Waals surface area contributed by atoms with E-state index in [0.717, 1.165) is 23.2 Å². The van der Waals surface area contributed by atoms with Gasteiger partial charge in [0.2, 0.25) is 0 Å². The van der Waals surface area contributed by atoms with Crippen LogP contribution in [0.15, 0.2) is 53.6 Å². The minimum atomic E-state index is -3.67. The first-order valence-electron chi connectivity index (χ1n) is 7.64. The monoisotopic (exact) mass is 358 g/mol. The highest BCUT2D eigenvalue weighted by atomic mass is 35.5. The van der Waals surface area contributed by atoms with E-state index in [-0.39, 0.29) is 4.90 Å². The zero-order valence-electron chi connectivity index (χ0n) is 13.0. The minimum Gasteiger partial charge on any atom is -0.266 e. The van der Waals surface area contributed by atoms with E-state index >= 15 is 0 Å². The van der Waals surface area contributed by atoms with Crippen LogP contribution in [0.3, 0.4) is 0 Å². The van der Waals surface area contributed by atoms with Gasteiger partial charge in [0.1, 0.15) is 5.15 Å². The Morgan fingerprint density at radius 2 is 1.96 bits per heavy atom. The molecule has 3 aromatic rings. The Labute approximate surface area is 145 Å². The third kappa shape index (κ3) is 2.27. The molecule has 0 bridgehead atoms. The summed E-state index contributed by atoms with van der Waals surface area (Å²) in [5, 5.41) is 1.55. The van der Waals surface area contributed by atoms with Crippen molar-refractivity contribution in [2.45, 2.75) is 18.2 Å². The Balaban J connectivity index is 1.92. The predicted molar refractivity (Wildman–Crippen MR) is 96.2 cm³/mol. The highest BCUT2D eigenvalue weighted by Crippen LogP contribution is 2.36. The normalized spacial score (nSPS) is 14.2. The molecule has 0 amide bonds. The minimum absolute atomic E-state index is 0.263. The van der Waals surface area contributed by atoms with E-state index in [9.17, 15) is 8.42 Å². The number of aryl methyl sites for hydroxylation is 1. The third-order valence-electron chi connectivity index (χ3n) is 4.38. The predicted octanol–water partition coefficient (Wildman–Crippen LogP) is 3.95. The fourth-order valence-electron chi connectivity index (χ4n) is 3.20. The lowest BCUT2D eigenvalue weighted by Gasteiger charge is -2.21. The number of benzene rings is 2. The van der Waals surface area contributed by atoms with Crippen molar-refractivity contribution in [3.8, 4) is 0 Å². The molecule has 0 unspecified atom stereocenters. The summed E-state index contributed by atoms with van der Waals surface area (Å²) in [6, 6.07) is 12.8. The van der Waals surface area contributed by atoms with Crippen LogP contribution in [0.25, 0.3) is 10.8 Å². The summed E-state index contributed by atoms with van der Waals surface area (Å²) in [6.45, 7) is 2.42. The maximum Gasteiger partial charge on any atom is 0.264 e. The second-order valence-electron chi connectivity index (χ2n) is 5.91. The van der Waals surface area contributed by atoms with Gasteiger partial charge >= 0.3 is 0 Å². The number of hydrogen-bond acceptors (Lipinski definition) is 3. The second-order valence-corrected chi connectivity index (χ2v) is 8.10. The molecule has 6 heteroatoms. The van der Waals surface area contributed by atoms with Gasteiger partial charge in [0, 0.05) is 23.5 Å². The van der Waals surface area contributed by atoms with Crippen LogP contribution < -0.4 is 4.31 Å². The van der Waals surface area contributed by atoms with E-state index in [4.69, 9.17) is 11.6 Å². The molecule has 1 aliphatic rings. The molecule has 1 aromatic heterocycles. The Hall–Kier alpha value is -2.11. The molecule has 0 spiro atoms. The van der Waals surface area contributed by atoms with Crippen LogP contribution in [0.5, 0.6) is 0 Å². The molecule has 0 saturated carbocycles. The maximum absolute atomic E-state index is 13.3. The zero-order chi connectivity index (χ0) is 16.9. The summed E-state index contributed by atoms with van der Waals surface area (Å²) in [7, 11) is -3.67. The van der Waals surface area contributed by atoms with Crippen LogP contribution in [0.2, 0.25) is 5.15 Å². The lowest BCUT2D eigenvalue weighted by atomic mass is 10.1. The molecule has 0 aliphatic carbocycles. The first-order chi connectivity index (χ1) is 11.5. The number of rotatable bonds is 2. The summed E-state index contributed by atoms with van der Waals surface area (Å²) in [5.41, 5.74) is 2.87. The second kappa shape index (κ2) is 5.46. The molecule has 4 rings (SSSR count). The van der Waals surface area contributed by atoms with Crippen molar-refractivity contribution >= 4 is 38.1 Å². The molecule has 0 radical (unpaired) electrons. The highest BCUT2D eigenvalue weighted by molar-refractivity contribution is 7.93. The Morgan fingerprint density at radius 3 is 2.79 bits per heavy atom. The van der Waals surface area contributed by atoms with Crippen LogP contribution in [0.1, 0.15) is 11.1 Å². The molecule has 2 aromatic carbocycles. The summed E-state index contributed by atoms with van der Waals surface area (Å²) >= 11 is 6.12. The molecule has 0 saturated heterocycles. The number of pyridine rings is 1. The largest absolute Gasteiger partial charge is 0.266 e.